The number of nitrogens with zero attached hydrogens (tertiary/aromatic N) is 1. The van der Waals surface area contributed by atoms with E-state index < -0.39 is 5.91 Å². The fraction of sp³-hybridized carbons (Fsp3) is 0.0476. The molecular formula is C21H14Br2N2O5. The third kappa shape index (κ3) is 3.99. The highest BCUT2D eigenvalue weighted by atomic mass is 79.9. The Balaban J connectivity index is 1.45. The van der Waals surface area contributed by atoms with Crippen molar-refractivity contribution >= 4 is 44.0 Å². The second-order valence-electron chi connectivity index (χ2n) is 6.30. The molecule has 1 heterocycles. The van der Waals surface area contributed by atoms with Crippen molar-refractivity contribution in [3.63, 3.8) is 0 Å². The molecular weight excluding hydrogens is 520 g/mol. The van der Waals surface area contributed by atoms with Gasteiger partial charge in [-0.3, -0.25) is 4.79 Å². The first-order valence-electron chi connectivity index (χ1n) is 8.67. The van der Waals surface area contributed by atoms with Crippen LogP contribution in [0.1, 0.15) is 15.9 Å². The number of fused-ring (bicyclic) bond motifs is 1. The van der Waals surface area contributed by atoms with E-state index in [-0.39, 0.29) is 22.8 Å². The molecule has 0 saturated carbocycles. The zero-order chi connectivity index (χ0) is 21.3. The van der Waals surface area contributed by atoms with Gasteiger partial charge in [-0.2, -0.15) is 5.10 Å². The Bertz CT molecular complexity index is 1160. The molecule has 4 rings (SSSR count). The van der Waals surface area contributed by atoms with Crippen molar-refractivity contribution in [2.45, 2.75) is 0 Å². The van der Waals surface area contributed by atoms with Crippen LogP contribution in [0.5, 0.6) is 23.0 Å². The quantitative estimate of drug-likeness (QED) is 0.331. The second-order valence-corrected chi connectivity index (χ2v) is 7.95. The van der Waals surface area contributed by atoms with E-state index in [1.165, 1.54) is 12.3 Å². The summed E-state index contributed by atoms with van der Waals surface area (Å²) in [5.74, 6) is 0.684. The van der Waals surface area contributed by atoms with Crippen LogP contribution >= 0.6 is 31.9 Å². The number of hydrogen-bond acceptors (Lipinski definition) is 6. The maximum Gasteiger partial charge on any atom is 0.271 e. The van der Waals surface area contributed by atoms with Crippen LogP contribution < -0.4 is 14.9 Å². The normalized spacial score (nSPS) is 12.3. The van der Waals surface area contributed by atoms with E-state index in [9.17, 15) is 15.0 Å². The third-order valence-corrected chi connectivity index (χ3v) is 5.78. The number of hydrogen-bond donors (Lipinski definition) is 3. The van der Waals surface area contributed by atoms with E-state index in [1.807, 2.05) is 30.3 Å². The van der Waals surface area contributed by atoms with Gasteiger partial charge in [0.25, 0.3) is 5.91 Å². The number of halogens is 2. The summed E-state index contributed by atoms with van der Waals surface area (Å²) in [4.78, 5) is 12.3. The standard InChI is InChI=1S/C21H14Br2N2O5/c22-15-7-14(19(26)18(23)20(15)27)9-24-25-21(28)12-3-1-11(2-4-12)13-5-6-16-17(8-13)30-10-29-16/h1-9,26-27H,10H2,(H,25,28)/b24-9+. The molecule has 3 N–H and O–H groups in total. The van der Waals surface area contributed by atoms with Crippen molar-refractivity contribution in [1.29, 1.82) is 0 Å². The topological polar surface area (TPSA) is 100 Å². The zero-order valence-corrected chi connectivity index (χ0v) is 18.4. The maximum absolute atomic E-state index is 12.3. The molecule has 1 amide bonds. The maximum atomic E-state index is 12.3. The van der Waals surface area contributed by atoms with Gasteiger partial charge in [0.05, 0.1) is 10.7 Å². The molecule has 7 nitrogen and oxygen atoms in total. The summed E-state index contributed by atoms with van der Waals surface area (Å²) in [7, 11) is 0. The Hall–Kier alpha value is -3.04. The minimum atomic E-state index is -0.403. The SMILES string of the molecule is O=C(N/N=C/c1cc(Br)c(O)c(Br)c1O)c1ccc(-c2ccc3c(c2)OCO3)cc1. The fourth-order valence-electron chi connectivity index (χ4n) is 2.83. The Kier molecular flexibility index (Phi) is 5.65. The Morgan fingerprint density at radius 1 is 0.967 bits per heavy atom. The van der Waals surface area contributed by atoms with Crippen LogP contribution in [-0.2, 0) is 0 Å². The number of aromatic hydroxyl groups is 2. The largest absolute Gasteiger partial charge is 0.506 e. The number of hydrazone groups is 1. The molecule has 0 aromatic heterocycles. The monoisotopic (exact) mass is 532 g/mol. The molecule has 3 aromatic rings. The zero-order valence-electron chi connectivity index (χ0n) is 15.2. The number of nitrogens with one attached hydrogen (secondary N) is 1. The average Bonchev–Trinajstić information content (AvgIpc) is 3.23. The molecule has 30 heavy (non-hydrogen) atoms. The molecule has 3 aromatic carbocycles. The molecule has 0 saturated heterocycles. The minimum Gasteiger partial charge on any atom is -0.506 e. The van der Waals surface area contributed by atoms with Crippen molar-refractivity contribution in [3.05, 3.63) is 68.6 Å². The lowest BCUT2D eigenvalue weighted by Gasteiger charge is -2.07. The van der Waals surface area contributed by atoms with Gasteiger partial charge < -0.3 is 19.7 Å². The predicted octanol–water partition coefficient (Wildman–Crippen LogP) is 4.78. The van der Waals surface area contributed by atoms with Crippen molar-refractivity contribution < 1.29 is 24.5 Å². The van der Waals surface area contributed by atoms with Crippen LogP contribution in [0.15, 0.2) is 62.6 Å². The molecule has 0 aliphatic carbocycles. The lowest BCUT2D eigenvalue weighted by molar-refractivity contribution is 0.0955. The molecule has 9 heteroatoms. The molecule has 0 atom stereocenters. The van der Waals surface area contributed by atoms with Gasteiger partial charge in [0.1, 0.15) is 16.0 Å². The van der Waals surface area contributed by atoms with Crippen LogP contribution in [0.2, 0.25) is 0 Å². The first-order chi connectivity index (χ1) is 14.4. The number of rotatable bonds is 4. The lowest BCUT2D eigenvalue weighted by Crippen LogP contribution is -2.17. The number of carbonyl (C=O) groups excluding carboxylic acids is 1. The Morgan fingerprint density at radius 3 is 2.43 bits per heavy atom. The first kappa shape index (κ1) is 20.2. The van der Waals surface area contributed by atoms with Gasteiger partial charge in [-0.05, 0) is 73.3 Å². The predicted molar refractivity (Wildman–Crippen MR) is 118 cm³/mol. The fourth-order valence-corrected chi connectivity index (χ4v) is 3.98. The van der Waals surface area contributed by atoms with Crippen molar-refractivity contribution in [3.8, 4) is 34.1 Å². The molecule has 0 spiro atoms. The summed E-state index contributed by atoms with van der Waals surface area (Å²) in [6.45, 7) is 0.217. The average molecular weight is 534 g/mol. The Labute approximate surface area is 188 Å². The van der Waals surface area contributed by atoms with Crippen LogP contribution in [0.25, 0.3) is 11.1 Å². The summed E-state index contributed by atoms with van der Waals surface area (Å²) in [6.07, 6.45) is 1.28. The Morgan fingerprint density at radius 2 is 1.67 bits per heavy atom. The molecule has 0 radical (unpaired) electrons. The summed E-state index contributed by atoms with van der Waals surface area (Å²) in [5, 5.41) is 23.6. The van der Waals surface area contributed by atoms with Crippen molar-refractivity contribution in [2.75, 3.05) is 6.79 Å². The van der Waals surface area contributed by atoms with E-state index in [4.69, 9.17) is 9.47 Å². The van der Waals surface area contributed by atoms with Gasteiger partial charge in [0.15, 0.2) is 11.5 Å². The first-order valence-corrected chi connectivity index (χ1v) is 10.3. The second kappa shape index (κ2) is 8.37. The van der Waals surface area contributed by atoms with Crippen LogP contribution in [-0.4, -0.2) is 29.1 Å². The molecule has 1 aliphatic heterocycles. The minimum absolute atomic E-state index is 0.128. The molecule has 0 unspecified atom stereocenters. The number of phenols is 2. The van der Waals surface area contributed by atoms with Gasteiger partial charge >= 0.3 is 0 Å². The molecule has 0 fully saturated rings. The highest BCUT2D eigenvalue weighted by Gasteiger charge is 2.15. The van der Waals surface area contributed by atoms with E-state index >= 15 is 0 Å². The van der Waals surface area contributed by atoms with Gasteiger partial charge in [0.2, 0.25) is 6.79 Å². The number of phenolic OH excluding ortho intramolecular Hbond substituents is 2. The molecule has 152 valence electrons. The number of amides is 1. The summed E-state index contributed by atoms with van der Waals surface area (Å²) in [5.41, 5.74) is 5.02. The summed E-state index contributed by atoms with van der Waals surface area (Å²) < 4.78 is 11.2. The summed E-state index contributed by atoms with van der Waals surface area (Å²) >= 11 is 6.26. The number of carbonyl (C=O) groups is 1. The number of benzene rings is 3. The summed E-state index contributed by atoms with van der Waals surface area (Å²) in [6, 6.07) is 14.2. The van der Waals surface area contributed by atoms with Crippen LogP contribution in [0.4, 0.5) is 0 Å². The van der Waals surface area contributed by atoms with Crippen molar-refractivity contribution in [1.82, 2.24) is 5.43 Å². The van der Waals surface area contributed by atoms with Crippen LogP contribution in [0.3, 0.4) is 0 Å². The van der Waals surface area contributed by atoms with E-state index in [0.29, 0.717) is 27.1 Å². The van der Waals surface area contributed by atoms with E-state index in [1.54, 1.807) is 12.1 Å². The van der Waals surface area contributed by atoms with Gasteiger partial charge in [0, 0.05) is 11.1 Å². The molecule has 1 aliphatic rings. The van der Waals surface area contributed by atoms with E-state index in [0.717, 1.165) is 11.1 Å². The van der Waals surface area contributed by atoms with Crippen molar-refractivity contribution in [2.24, 2.45) is 5.10 Å². The van der Waals surface area contributed by atoms with Gasteiger partial charge in [-0.25, -0.2) is 5.43 Å². The lowest BCUT2D eigenvalue weighted by atomic mass is 10.0. The number of ether oxygens (including phenoxy) is 2. The highest BCUT2D eigenvalue weighted by Crippen LogP contribution is 2.40. The third-order valence-electron chi connectivity index (χ3n) is 4.42. The highest BCUT2D eigenvalue weighted by molar-refractivity contribution is 9.11. The van der Waals surface area contributed by atoms with Crippen LogP contribution in [0, 0.1) is 0 Å². The smallest absolute Gasteiger partial charge is 0.271 e. The molecule has 0 bridgehead atoms. The van der Waals surface area contributed by atoms with Gasteiger partial charge in [-0.1, -0.05) is 18.2 Å². The van der Waals surface area contributed by atoms with E-state index in [2.05, 4.69) is 42.4 Å². The van der Waals surface area contributed by atoms with Gasteiger partial charge in [-0.15, -0.1) is 0 Å².